The highest BCUT2D eigenvalue weighted by Crippen LogP contribution is 2.37. The highest BCUT2D eigenvalue weighted by molar-refractivity contribution is 9.10. The molecule has 0 aliphatic rings. The summed E-state index contributed by atoms with van der Waals surface area (Å²) in [6, 6.07) is 11.0. The Morgan fingerprint density at radius 1 is 1.04 bits per heavy atom. The number of carboxylic acids is 1. The van der Waals surface area contributed by atoms with E-state index in [1.54, 1.807) is 18.2 Å². The second-order valence-electron chi connectivity index (χ2n) is 8.71. The summed E-state index contributed by atoms with van der Waals surface area (Å²) in [5.41, 5.74) is 2.52. The van der Waals surface area contributed by atoms with Gasteiger partial charge in [0.1, 0.15) is 5.75 Å². The van der Waals surface area contributed by atoms with E-state index in [1.807, 2.05) is 12.1 Å². The molecule has 0 radical (unpaired) electrons. The summed E-state index contributed by atoms with van der Waals surface area (Å²) in [6.45, 7) is 12.7. The van der Waals surface area contributed by atoms with Gasteiger partial charge in [-0.2, -0.15) is 0 Å². The fraction of sp³-hybridized carbons (Fsp3) is 0.409. The molecule has 0 saturated heterocycles. The van der Waals surface area contributed by atoms with Gasteiger partial charge < -0.3 is 9.84 Å². The Morgan fingerprint density at radius 2 is 1.67 bits per heavy atom. The Labute approximate surface area is 174 Å². The highest BCUT2D eigenvalue weighted by Gasteiger charge is 2.31. The van der Waals surface area contributed by atoms with Gasteiger partial charge in [0, 0.05) is 10.6 Å². The Hall–Kier alpha value is -1.52. The van der Waals surface area contributed by atoms with Crippen LogP contribution in [0, 0.1) is 0 Å². The van der Waals surface area contributed by atoms with Crippen LogP contribution in [0.1, 0.15) is 64.3 Å². The van der Waals surface area contributed by atoms with E-state index >= 15 is 0 Å². The first-order valence-corrected chi connectivity index (χ1v) is 9.97. The van der Waals surface area contributed by atoms with Gasteiger partial charge in [0.25, 0.3) is 0 Å². The molecule has 0 aliphatic carbocycles. The van der Waals surface area contributed by atoms with Gasteiger partial charge in [0.2, 0.25) is 6.10 Å². The van der Waals surface area contributed by atoms with Crippen LogP contribution in [0.2, 0.25) is 5.02 Å². The number of halogens is 2. The zero-order valence-corrected chi connectivity index (χ0v) is 18.9. The number of hydrogen-bond acceptors (Lipinski definition) is 2. The van der Waals surface area contributed by atoms with Crippen molar-refractivity contribution in [2.45, 2.75) is 58.5 Å². The lowest BCUT2D eigenvalue weighted by Crippen LogP contribution is -2.25. The van der Waals surface area contributed by atoms with Crippen molar-refractivity contribution in [3.05, 3.63) is 62.6 Å². The Bertz CT molecular complexity index is 848. The predicted molar refractivity (Wildman–Crippen MR) is 114 cm³/mol. The number of ether oxygens (including phenoxy) is 1. The average molecular weight is 454 g/mol. The van der Waals surface area contributed by atoms with Crippen molar-refractivity contribution >= 4 is 33.5 Å². The lowest BCUT2D eigenvalue weighted by atomic mass is 9.77. The minimum Gasteiger partial charge on any atom is -0.478 e. The number of carboxylic acid groups (broad SMARTS) is 1. The van der Waals surface area contributed by atoms with E-state index in [4.69, 9.17) is 16.3 Å². The topological polar surface area (TPSA) is 46.5 Å². The molecule has 1 atom stereocenters. The summed E-state index contributed by atoms with van der Waals surface area (Å²) in [7, 11) is 0. The number of hydrogen-bond donors (Lipinski definition) is 1. The third kappa shape index (κ3) is 5.26. The summed E-state index contributed by atoms with van der Waals surface area (Å²) >= 11 is 9.37. The van der Waals surface area contributed by atoms with E-state index < -0.39 is 12.1 Å². The molecule has 5 heteroatoms. The van der Waals surface area contributed by atoms with Gasteiger partial charge in [0.05, 0.1) is 4.47 Å². The van der Waals surface area contributed by atoms with Crippen molar-refractivity contribution in [1.29, 1.82) is 0 Å². The first-order chi connectivity index (χ1) is 12.3. The first kappa shape index (κ1) is 21.8. The second-order valence-corrected chi connectivity index (χ2v) is 10.0. The smallest absolute Gasteiger partial charge is 0.349 e. The van der Waals surface area contributed by atoms with Crippen LogP contribution in [0.25, 0.3) is 0 Å². The molecule has 27 heavy (non-hydrogen) atoms. The van der Waals surface area contributed by atoms with Crippen LogP contribution in [0.15, 0.2) is 40.9 Å². The molecule has 0 fully saturated rings. The largest absolute Gasteiger partial charge is 0.478 e. The quantitative estimate of drug-likeness (QED) is 0.547. The van der Waals surface area contributed by atoms with E-state index in [0.717, 1.165) is 11.1 Å². The van der Waals surface area contributed by atoms with Gasteiger partial charge >= 0.3 is 5.97 Å². The predicted octanol–water partition coefficient (Wildman–Crippen LogP) is 6.90. The molecule has 2 aromatic rings. The number of aliphatic carboxylic acids is 1. The normalized spacial score (nSPS) is 13.3. The van der Waals surface area contributed by atoms with Gasteiger partial charge in [-0.1, -0.05) is 71.3 Å². The van der Waals surface area contributed by atoms with Crippen LogP contribution in [0.4, 0.5) is 0 Å². The SMILES string of the molecule is CC(C)(C)c1ccc([C@@H](Oc2ccc(Cl)cc2Br)C(=O)O)c(C(C)(C)C)c1. The minimum absolute atomic E-state index is 0.0304. The van der Waals surface area contributed by atoms with E-state index in [-0.39, 0.29) is 10.8 Å². The van der Waals surface area contributed by atoms with Gasteiger partial charge in [-0.15, -0.1) is 0 Å². The molecule has 0 spiro atoms. The van der Waals surface area contributed by atoms with Crippen LogP contribution in [-0.4, -0.2) is 11.1 Å². The van der Waals surface area contributed by atoms with Crippen LogP contribution < -0.4 is 4.74 Å². The number of benzene rings is 2. The monoisotopic (exact) mass is 452 g/mol. The van der Waals surface area contributed by atoms with Crippen LogP contribution in [0.5, 0.6) is 5.75 Å². The average Bonchev–Trinajstić information content (AvgIpc) is 2.51. The molecule has 0 aromatic heterocycles. The van der Waals surface area contributed by atoms with Gasteiger partial charge in [0.15, 0.2) is 0 Å². The fourth-order valence-electron chi connectivity index (χ4n) is 2.85. The molecule has 1 N–H and O–H groups in total. The summed E-state index contributed by atoms with van der Waals surface area (Å²) in [5.74, 6) is -0.600. The van der Waals surface area contributed by atoms with E-state index in [2.05, 4.69) is 63.5 Å². The molecule has 2 aromatic carbocycles. The van der Waals surface area contributed by atoms with Crippen molar-refractivity contribution in [2.75, 3.05) is 0 Å². The molecule has 0 heterocycles. The highest BCUT2D eigenvalue weighted by atomic mass is 79.9. The second kappa shape index (κ2) is 7.84. The van der Waals surface area contributed by atoms with Gasteiger partial charge in [-0.25, -0.2) is 4.79 Å². The molecule has 0 amide bonds. The van der Waals surface area contributed by atoms with Crippen molar-refractivity contribution in [3.63, 3.8) is 0 Å². The zero-order valence-electron chi connectivity index (χ0n) is 16.6. The maximum Gasteiger partial charge on any atom is 0.349 e. The number of carbonyl (C=O) groups is 1. The molecule has 0 bridgehead atoms. The molecule has 146 valence electrons. The van der Waals surface area contributed by atoms with Gasteiger partial charge in [-0.3, -0.25) is 0 Å². The van der Waals surface area contributed by atoms with Crippen molar-refractivity contribution in [2.24, 2.45) is 0 Å². The van der Waals surface area contributed by atoms with Crippen molar-refractivity contribution in [3.8, 4) is 5.75 Å². The molecular weight excluding hydrogens is 428 g/mol. The van der Waals surface area contributed by atoms with E-state index in [1.165, 1.54) is 0 Å². The van der Waals surface area contributed by atoms with Gasteiger partial charge in [-0.05, 0) is 56.1 Å². The lowest BCUT2D eigenvalue weighted by Gasteiger charge is -2.29. The maximum atomic E-state index is 12.1. The van der Waals surface area contributed by atoms with Crippen LogP contribution in [-0.2, 0) is 15.6 Å². The summed E-state index contributed by atoms with van der Waals surface area (Å²) in [6.07, 6.45) is -1.12. The van der Waals surface area contributed by atoms with E-state index in [9.17, 15) is 9.90 Å². The molecule has 3 nitrogen and oxygen atoms in total. The van der Waals surface area contributed by atoms with Crippen LogP contribution in [0.3, 0.4) is 0 Å². The molecular formula is C22H26BrClO3. The summed E-state index contributed by atoms with van der Waals surface area (Å²) in [4.78, 5) is 12.1. The Balaban J connectivity index is 2.58. The minimum atomic E-state index is -1.12. The number of rotatable bonds is 4. The lowest BCUT2D eigenvalue weighted by molar-refractivity contribution is -0.145. The van der Waals surface area contributed by atoms with Crippen molar-refractivity contribution in [1.82, 2.24) is 0 Å². The van der Waals surface area contributed by atoms with Crippen molar-refractivity contribution < 1.29 is 14.6 Å². The molecule has 0 unspecified atom stereocenters. The Morgan fingerprint density at radius 3 is 2.15 bits per heavy atom. The first-order valence-electron chi connectivity index (χ1n) is 8.80. The summed E-state index contributed by atoms with van der Waals surface area (Å²) < 4.78 is 6.52. The third-order valence-electron chi connectivity index (χ3n) is 4.37. The molecule has 0 saturated carbocycles. The standard InChI is InChI=1S/C22H26BrClO3/c1-21(2,3)13-7-9-15(16(11-13)22(4,5)6)19(20(25)26)27-18-10-8-14(24)12-17(18)23/h7-12,19H,1-6H3,(H,25,26)/t19-/m1/s1. The van der Waals surface area contributed by atoms with Crippen LogP contribution >= 0.6 is 27.5 Å². The fourth-order valence-corrected chi connectivity index (χ4v) is 3.62. The molecule has 2 rings (SSSR count). The molecule has 0 aliphatic heterocycles. The zero-order chi connectivity index (χ0) is 20.6. The Kier molecular flexibility index (Phi) is 6.33. The summed E-state index contributed by atoms with van der Waals surface area (Å²) in [5, 5.41) is 10.4. The third-order valence-corrected chi connectivity index (χ3v) is 5.23. The van der Waals surface area contributed by atoms with E-state index in [0.29, 0.717) is 20.8 Å². The maximum absolute atomic E-state index is 12.1.